The molecule has 0 radical (unpaired) electrons. The number of aromatic amines is 1. The third kappa shape index (κ3) is 4.57. The molecular weight excluding hydrogens is 508 g/mol. The van der Waals surface area contributed by atoms with Crippen LogP contribution in [0.15, 0.2) is 93.3 Å². The molecule has 3 atom stereocenters. The molecule has 204 valence electrons. The predicted octanol–water partition coefficient (Wildman–Crippen LogP) is 5.80. The minimum absolute atomic E-state index is 0.274. The van der Waals surface area contributed by atoms with E-state index in [4.69, 9.17) is 14.1 Å². The van der Waals surface area contributed by atoms with Crippen molar-refractivity contribution in [2.45, 2.75) is 56.8 Å². The number of nitrogens with one attached hydrogen (secondary N) is 2. The SMILES string of the molecule is CC1=NOC(c2ccc(-c3ccc(C4(c5noc(=O)[nH]5)CC4)cc3)cc2)C1(C)NC(=O)O[C@H](C)c1ccccc1. The summed E-state index contributed by atoms with van der Waals surface area (Å²) in [5, 5.41) is 11.1. The monoisotopic (exact) mass is 538 g/mol. The molecule has 1 aliphatic heterocycles. The molecule has 9 heteroatoms. The summed E-state index contributed by atoms with van der Waals surface area (Å²) in [6.07, 6.45) is 0.378. The van der Waals surface area contributed by atoms with Crippen LogP contribution in [0.25, 0.3) is 11.1 Å². The van der Waals surface area contributed by atoms with Gasteiger partial charge in [-0.05, 0) is 61.4 Å². The van der Waals surface area contributed by atoms with Crippen LogP contribution in [0.4, 0.5) is 4.79 Å². The lowest BCUT2D eigenvalue weighted by Crippen LogP contribution is -2.53. The highest BCUT2D eigenvalue weighted by atomic mass is 16.6. The summed E-state index contributed by atoms with van der Waals surface area (Å²) in [5.74, 6) is 0.0495. The van der Waals surface area contributed by atoms with Gasteiger partial charge in [0.25, 0.3) is 0 Å². The Balaban J connectivity index is 1.16. The average molecular weight is 539 g/mol. The third-order valence-electron chi connectivity index (χ3n) is 8.11. The Morgan fingerprint density at radius 2 is 1.68 bits per heavy atom. The maximum Gasteiger partial charge on any atom is 0.438 e. The van der Waals surface area contributed by atoms with E-state index in [9.17, 15) is 9.59 Å². The van der Waals surface area contributed by atoms with Crippen molar-refractivity contribution in [3.05, 3.63) is 112 Å². The van der Waals surface area contributed by atoms with Crippen LogP contribution < -0.4 is 11.1 Å². The lowest BCUT2D eigenvalue weighted by Gasteiger charge is -2.31. The number of hydrogen-bond donors (Lipinski definition) is 2. The maximum absolute atomic E-state index is 12.9. The second kappa shape index (κ2) is 9.82. The number of rotatable bonds is 7. The van der Waals surface area contributed by atoms with Gasteiger partial charge < -0.3 is 14.9 Å². The van der Waals surface area contributed by atoms with E-state index >= 15 is 0 Å². The standard InChI is InChI=1S/C31H30N4O5/c1-19(21-7-5-4-6-8-21)38-29(37)33-30(3)20(2)34-39-26(30)24-11-9-22(10-12-24)23-13-15-25(16-14-23)31(17-18-31)27-32-28(36)40-35-27/h4-16,19,26H,17-18H2,1-3H3,(H,33,37)(H,32,35,36)/t19-,26?,30?/m1/s1. The second-order valence-corrected chi connectivity index (χ2v) is 10.7. The van der Waals surface area contributed by atoms with Crippen molar-refractivity contribution in [1.82, 2.24) is 15.5 Å². The zero-order valence-corrected chi connectivity index (χ0v) is 22.5. The minimum Gasteiger partial charge on any atom is -0.442 e. The molecule has 1 fully saturated rings. The third-order valence-corrected chi connectivity index (χ3v) is 8.11. The Hall–Kier alpha value is -4.66. The number of oxime groups is 1. The first-order valence-corrected chi connectivity index (χ1v) is 13.3. The Kier molecular flexibility index (Phi) is 6.29. The number of carbonyl (C=O) groups is 1. The first-order valence-electron chi connectivity index (χ1n) is 13.3. The van der Waals surface area contributed by atoms with E-state index in [1.807, 2.05) is 75.4 Å². The molecule has 0 saturated heterocycles. The van der Waals surface area contributed by atoms with Crippen molar-refractivity contribution in [2.24, 2.45) is 5.16 Å². The Bertz CT molecular complexity index is 1600. The van der Waals surface area contributed by atoms with Gasteiger partial charge in [-0.2, -0.15) is 0 Å². The topological polar surface area (TPSA) is 119 Å². The molecule has 1 aromatic heterocycles. The van der Waals surface area contributed by atoms with Gasteiger partial charge in [0, 0.05) is 0 Å². The fraction of sp³-hybridized carbons (Fsp3) is 0.290. The summed E-state index contributed by atoms with van der Waals surface area (Å²) in [6, 6.07) is 25.9. The molecule has 2 aliphatic rings. The van der Waals surface area contributed by atoms with E-state index in [2.05, 4.69) is 44.9 Å². The van der Waals surface area contributed by atoms with Gasteiger partial charge in [-0.1, -0.05) is 89.2 Å². The lowest BCUT2D eigenvalue weighted by molar-refractivity contribution is 0.0382. The fourth-order valence-electron chi connectivity index (χ4n) is 5.32. The maximum atomic E-state index is 12.9. The van der Waals surface area contributed by atoms with Gasteiger partial charge in [0.1, 0.15) is 11.6 Å². The highest BCUT2D eigenvalue weighted by Crippen LogP contribution is 2.52. The highest BCUT2D eigenvalue weighted by molar-refractivity contribution is 5.95. The second-order valence-electron chi connectivity index (χ2n) is 10.7. The first kappa shape index (κ1) is 25.6. The Morgan fingerprint density at radius 1 is 1.02 bits per heavy atom. The van der Waals surface area contributed by atoms with Crippen molar-refractivity contribution >= 4 is 11.8 Å². The summed E-state index contributed by atoms with van der Waals surface area (Å²) < 4.78 is 10.4. The van der Waals surface area contributed by atoms with Gasteiger partial charge in [-0.25, -0.2) is 9.59 Å². The normalized spacial score (nSPS) is 21.7. The van der Waals surface area contributed by atoms with Crippen LogP contribution in [0.3, 0.4) is 0 Å². The number of hydrogen-bond acceptors (Lipinski definition) is 7. The number of alkyl carbamates (subject to hydrolysis) is 1. The number of carbonyl (C=O) groups excluding carboxylic acids is 1. The molecule has 6 rings (SSSR count). The van der Waals surface area contributed by atoms with Crippen LogP contribution in [0.1, 0.15) is 68.3 Å². The zero-order valence-electron chi connectivity index (χ0n) is 22.5. The number of ether oxygens (including phenoxy) is 1. The molecule has 1 aliphatic carbocycles. The van der Waals surface area contributed by atoms with E-state index in [1.165, 1.54) is 0 Å². The van der Waals surface area contributed by atoms with Crippen LogP contribution in [0.2, 0.25) is 0 Å². The first-order chi connectivity index (χ1) is 19.3. The minimum atomic E-state index is -0.878. The van der Waals surface area contributed by atoms with E-state index in [0.29, 0.717) is 11.5 Å². The molecule has 9 nitrogen and oxygen atoms in total. The van der Waals surface area contributed by atoms with Crippen molar-refractivity contribution in [2.75, 3.05) is 0 Å². The molecule has 3 aromatic carbocycles. The van der Waals surface area contributed by atoms with E-state index in [0.717, 1.165) is 40.7 Å². The van der Waals surface area contributed by atoms with Gasteiger partial charge in [0.2, 0.25) is 0 Å². The number of amides is 1. The van der Waals surface area contributed by atoms with Crippen molar-refractivity contribution in [3.63, 3.8) is 0 Å². The molecule has 2 N–H and O–H groups in total. The smallest absolute Gasteiger partial charge is 0.438 e. The fourth-order valence-corrected chi connectivity index (χ4v) is 5.32. The van der Waals surface area contributed by atoms with E-state index in [-0.39, 0.29) is 5.41 Å². The molecule has 1 amide bonds. The molecule has 40 heavy (non-hydrogen) atoms. The molecular formula is C31H30N4O5. The molecule has 2 unspecified atom stereocenters. The van der Waals surface area contributed by atoms with Gasteiger partial charge in [0.15, 0.2) is 11.9 Å². The average Bonchev–Trinajstić information content (AvgIpc) is 3.58. The predicted molar refractivity (Wildman–Crippen MR) is 149 cm³/mol. The van der Waals surface area contributed by atoms with Crippen LogP contribution in [-0.4, -0.2) is 27.5 Å². The summed E-state index contributed by atoms with van der Waals surface area (Å²) in [4.78, 5) is 32.8. The highest BCUT2D eigenvalue weighted by Gasteiger charge is 2.49. The van der Waals surface area contributed by atoms with Crippen LogP contribution in [0, 0.1) is 0 Å². The Morgan fingerprint density at radius 3 is 2.27 bits per heavy atom. The van der Waals surface area contributed by atoms with E-state index < -0.39 is 29.6 Å². The number of nitrogens with zero attached hydrogens (tertiary/aromatic N) is 2. The molecule has 2 heterocycles. The van der Waals surface area contributed by atoms with E-state index in [1.54, 1.807) is 0 Å². The van der Waals surface area contributed by atoms with Crippen LogP contribution in [-0.2, 0) is 15.0 Å². The summed E-state index contributed by atoms with van der Waals surface area (Å²) in [5.41, 5.74) is 4.49. The lowest BCUT2D eigenvalue weighted by atomic mass is 9.85. The molecule has 4 aromatic rings. The largest absolute Gasteiger partial charge is 0.442 e. The van der Waals surface area contributed by atoms with Crippen molar-refractivity contribution < 1.29 is 18.9 Å². The van der Waals surface area contributed by atoms with Gasteiger partial charge in [0.05, 0.1) is 11.1 Å². The summed E-state index contributed by atoms with van der Waals surface area (Å²) >= 11 is 0. The van der Waals surface area contributed by atoms with Crippen molar-refractivity contribution in [1.29, 1.82) is 0 Å². The van der Waals surface area contributed by atoms with Gasteiger partial charge in [-0.3, -0.25) is 9.51 Å². The number of aromatic nitrogens is 2. The van der Waals surface area contributed by atoms with Crippen LogP contribution >= 0.6 is 0 Å². The molecule has 0 bridgehead atoms. The summed E-state index contributed by atoms with van der Waals surface area (Å²) in [6.45, 7) is 5.56. The Labute approximate surface area is 231 Å². The molecule has 0 spiro atoms. The van der Waals surface area contributed by atoms with Gasteiger partial charge >= 0.3 is 11.8 Å². The zero-order chi connectivity index (χ0) is 27.9. The quantitative estimate of drug-likeness (QED) is 0.307. The molecule has 1 saturated carbocycles. The number of benzene rings is 3. The van der Waals surface area contributed by atoms with Crippen LogP contribution in [0.5, 0.6) is 0 Å². The summed E-state index contributed by atoms with van der Waals surface area (Å²) in [7, 11) is 0. The van der Waals surface area contributed by atoms with Crippen molar-refractivity contribution in [3.8, 4) is 11.1 Å². The van der Waals surface area contributed by atoms with Gasteiger partial charge in [-0.15, -0.1) is 0 Å². The number of H-pyrrole nitrogens is 1.